The first-order valence-electron chi connectivity index (χ1n) is 11.4. The van der Waals surface area contributed by atoms with E-state index in [1.165, 1.54) is 14.2 Å². The third-order valence-electron chi connectivity index (χ3n) is 6.47. The summed E-state index contributed by atoms with van der Waals surface area (Å²) in [5.41, 5.74) is 5.09. The molecule has 0 aromatic heterocycles. The summed E-state index contributed by atoms with van der Waals surface area (Å²) >= 11 is 6.71. The van der Waals surface area contributed by atoms with Gasteiger partial charge in [-0.15, -0.1) is 0 Å². The zero-order valence-corrected chi connectivity index (χ0v) is 20.8. The lowest BCUT2D eigenvalue weighted by molar-refractivity contribution is -0.136. The van der Waals surface area contributed by atoms with Gasteiger partial charge in [-0.1, -0.05) is 66.2 Å². The lowest BCUT2D eigenvalue weighted by Crippen LogP contribution is -2.29. The summed E-state index contributed by atoms with van der Waals surface area (Å²) in [7, 11) is 2.85. The van der Waals surface area contributed by atoms with Crippen LogP contribution in [0.3, 0.4) is 0 Å². The Morgan fingerprint density at radius 2 is 1.69 bits per heavy atom. The van der Waals surface area contributed by atoms with Crippen LogP contribution in [0.15, 0.2) is 83.6 Å². The summed E-state index contributed by atoms with van der Waals surface area (Å²) in [4.78, 5) is 26.5. The Labute approximate surface area is 214 Å². The summed E-state index contributed by atoms with van der Waals surface area (Å²) in [6, 6.07) is 20.6. The fourth-order valence-electron chi connectivity index (χ4n) is 4.82. The van der Waals surface area contributed by atoms with E-state index in [-0.39, 0.29) is 5.78 Å². The average molecular weight is 502 g/mol. The van der Waals surface area contributed by atoms with Crippen LogP contribution in [0.1, 0.15) is 39.9 Å². The van der Waals surface area contributed by atoms with Gasteiger partial charge < -0.3 is 19.5 Å². The van der Waals surface area contributed by atoms with E-state index in [2.05, 4.69) is 5.32 Å². The molecule has 3 aromatic rings. The highest BCUT2D eigenvalue weighted by molar-refractivity contribution is 6.32. The molecule has 0 bridgehead atoms. The molecule has 1 heterocycles. The van der Waals surface area contributed by atoms with Gasteiger partial charge in [0.2, 0.25) is 0 Å². The first-order valence-corrected chi connectivity index (χ1v) is 11.8. The highest BCUT2D eigenvalue weighted by atomic mass is 35.5. The van der Waals surface area contributed by atoms with Crippen LogP contribution >= 0.6 is 11.6 Å². The van der Waals surface area contributed by atoms with Crippen molar-refractivity contribution in [3.8, 4) is 11.5 Å². The van der Waals surface area contributed by atoms with Crippen molar-refractivity contribution >= 4 is 29.1 Å². The van der Waals surface area contributed by atoms with Crippen molar-refractivity contribution in [2.24, 2.45) is 0 Å². The maximum atomic E-state index is 13.6. The van der Waals surface area contributed by atoms with Gasteiger partial charge in [0.15, 0.2) is 17.3 Å². The Morgan fingerprint density at radius 3 is 2.39 bits per heavy atom. The molecule has 5 rings (SSSR count). The monoisotopic (exact) mass is 501 g/mol. The summed E-state index contributed by atoms with van der Waals surface area (Å²) in [5, 5.41) is 3.58. The number of allylic oxidation sites excluding steroid dienone is 2. The molecule has 182 valence electrons. The Kier molecular flexibility index (Phi) is 6.29. The zero-order chi connectivity index (χ0) is 25.4. The number of Topliss-reactive ketones (excluding diaryl/α,β-unsaturated/α-hetero) is 1. The van der Waals surface area contributed by atoms with Gasteiger partial charge in [-0.25, -0.2) is 4.79 Å². The minimum Gasteiger partial charge on any atom is -0.493 e. The number of fused-ring (bicyclic) bond motifs is 2. The number of hydrogen-bond acceptors (Lipinski definition) is 6. The van der Waals surface area contributed by atoms with Crippen LogP contribution in [0.4, 0.5) is 0 Å². The molecule has 0 fully saturated rings. The molecule has 7 heteroatoms. The van der Waals surface area contributed by atoms with Gasteiger partial charge in [-0.3, -0.25) is 4.79 Å². The first-order chi connectivity index (χ1) is 17.4. The highest BCUT2D eigenvalue weighted by Crippen LogP contribution is 2.49. The van der Waals surface area contributed by atoms with Gasteiger partial charge in [-0.2, -0.15) is 0 Å². The van der Waals surface area contributed by atoms with Crippen LogP contribution in [0.25, 0.3) is 5.70 Å². The van der Waals surface area contributed by atoms with Crippen molar-refractivity contribution in [1.29, 1.82) is 0 Å². The standard InChI is InChI=1S/C29H24ClNO5/c1-16-23(29(33)35-3)24(25-26(31-16)19-11-7-8-12-20(19)27(25)32)18-13-21(30)28(22(14-18)34-2)36-15-17-9-5-4-6-10-17/h4-14,24,31H,15H2,1-3H3/t24-/m0/s1. The Morgan fingerprint density at radius 1 is 1.00 bits per heavy atom. The molecule has 0 radical (unpaired) electrons. The number of ether oxygens (including phenoxy) is 3. The van der Waals surface area contributed by atoms with E-state index < -0.39 is 11.9 Å². The fraction of sp³-hybridized carbons (Fsp3) is 0.172. The summed E-state index contributed by atoms with van der Waals surface area (Å²) in [6.07, 6.45) is 0. The minimum absolute atomic E-state index is 0.147. The Hall–Kier alpha value is -4.03. The number of carbonyl (C=O) groups excluding carboxylic acids is 2. The molecule has 36 heavy (non-hydrogen) atoms. The van der Waals surface area contributed by atoms with E-state index in [9.17, 15) is 9.59 Å². The first kappa shape index (κ1) is 23.7. The largest absolute Gasteiger partial charge is 0.493 e. The Balaban J connectivity index is 1.62. The maximum absolute atomic E-state index is 13.6. The molecule has 0 amide bonds. The number of carbonyl (C=O) groups is 2. The van der Waals surface area contributed by atoms with Crippen LogP contribution in [0.5, 0.6) is 11.5 Å². The molecular weight excluding hydrogens is 478 g/mol. The summed E-state index contributed by atoms with van der Waals surface area (Å²) < 4.78 is 16.8. The number of ketones is 1. The molecule has 1 aliphatic heterocycles. The number of esters is 1. The molecule has 3 aromatic carbocycles. The third kappa shape index (κ3) is 3.93. The van der Waals surface area contributed by atoms with E-state index in [1.54, 1.807) is 25.1 Å². The van der Waals surface area contributed by atoms with Crippen molar-refractivity contribution < 1.29 is 23.8 Å². The number of rotatable bonds is 6. The number of nitrogens with one attached hydrogen (secondary N) is 1. The van der Waals surface area contributed by atoms with Crippen LogP contribution in [-0.2, 0) is 16.1 Å². The molecular formula is C29H24ClNO5. The predicted molar refractivity (Wildman–Crippen MR) is 137 cm³/mol. The summed E-state index contributed by atoms with van der Waals surface area (Å²) in [5.74, 6) is -0.593. The van der Waals surface area contributed by atoms with Crippen molar-refractivity contribution in [2.45, 2.75) is 19.4 Å². The van der Waals surface area contributed by atoms with E-state index >= 15 is 0 Å². The normalized spacial score (nSPS) is 16.3. The smallest absolute Gasteiger partial charge is 0.336 e. The average Bonchev–Trinajstić information content (AvgIpc) is 3.18. The molecule has 0 saturated carbocycles. The number of hydrogen-bond donors (Lipinski definition) is 1. The molecule has 0 spiro atoms. The van der Waals surface area contributed by atoms with Gasteiger partial charge in [0.1, 0.15) is 6.61 Å². The van der Waals surface area contributed by atoms with E-state index in [1.807, 2.05) is 48.5 Å². The van der Waals surface area contributed by atoms with Gasteiger partial charge in [-0.05, 0) is 30.2 Å². The molecule has 1 atom stereocenters. The molecule has 0 unspecified atom stereocenters. The van der Waals surface area contributed by atoms with Crippen LogP contribution in [0.2, 0.25) is 5.02 Å². The zero-order valence-electron chi connectivity index (χ0n) is 20.1. The fourth-order valence-corrected chi connectivity index (χ4v) is 5.09. The minimum atomic E-state index is -0.705. The number of dihydropyridines is 1. The SMILES string of the molecule is COC(=O)C1=C(C)NC2=C(C(=O)c3ccccc32)[C@H]1c1cc(Cl)c(OCc2ccccc2)c(OC)c1. The van der Waals surface area contributed by atoms with E-state index in [4.69, 9.17) is 25.8 Å². The molecule has 6 nitrogen and oxygen atoms in total. The van der Waals surface area contributed by atoms with Gasteiger partial charge >= 0.3 is 5.97 Å². The molecule has 1 N–H and O–H groups in total. The third-order valence-corrected chi connectivity index (χ3v) is 6.75. The quantitative estimate of drug-likeness (QED) is 0.439. The second-order valence-corrected chi connectivity index (χ2v) is 8.97. The van der Waals surface area contributed by atoms with E-state index in [0.29, 0.717) is 56.8 Å². The molecule has 1 aliphatic carbocycles. The second-order valence-electron chi connectivity index (χ2n) is 8.56. The van der Waals surface area contributed by atoms with Gasteiger partial charge in [0.05, 0.1) is 30.5 Å². The number of halogens is 1. The van der Waals surface area contributed by atoms with Gasteiger partial charge in [0.25, 0.3) is 0 Å². The molecule has 0 saturated heterocycles. The van der Waals surface area contributed by atoms with Crippen LogP contribution in [0, 0.1) is 0 Å². The number of methoxy groups -OCH3 is 2. The second kappa shape index (κ2) is 9.55. The lowest BCUT2D eigenvalue weighted by Gasteiger charge is -2.29. The highest BCUT2D eigenvalue weighted by Gasteiger charge is 2.43. The van der Waals surface area contributed by atoms with Gasteiger partial charge in [0, 0.05) is 28.3 Å². The van der Waals surface area contributed by atoms with Crippen molar-refractivity contribution in [2.75, 3.05) is 14.2 Å². The summed E-state index contributed by atoms with van der Waals surface area (Å²) in [6.45, 7) is 2.10. The van der Waals surface area contributed by atoms with Crippen molar-refractivity contribution in [3.63, 3.8) is 0 Å². The van der Waals surface area contributed by atoms with E-state index in [0.717, 1.165) is 11.1 Å². The molecule has 2 aliphatic rings. The topological polar surface area (TPSA) is 73.9 Å². The predicted octanol–water partition coefficient (Wildman–Crippen LogP) is 5.67. The lowest BCUT2D eigenvalue weighted by atomic mass is 9.79. The van der Waals surface area contributed by atoms with Crippen LogP contribution in [-0.4, -0.2) is 26.0 Å². The van der Waals surface area contributed by atoms with Crippen molar-refractivity contribution in [3.05, 3.63) is 111 Å². The maximum Gasteiger partial charge on any atom is 0.336 e. The number of benzene rings is 3. The van der Waals surface area contributed by atoms with Crippen LogP contribution < -0.4 is 14.8 Å². The Bertz CT molecular complexity index is 1440. The van der Waals surface area contributed by atoms with Crippen molar-refractivity contribution in [1.82, 2.24) is 5.32 Å².